The molecule has 5 heteroatoms. The van der Waals surface area contributed by atoms with E-state index >= 15 is 0 Å². The third-order valence-electron chi connectivity index (χ3n) is 2.46. The highest BCUT2D eigenvalue weighted by Gasteiger charge is 2.19. The maximum atomic E-state index is 7.43. The molecule has 0 spiro atoms. The lowest BCUT2D eigenvalue weighted by Gasteiger charge is -2.12. The zero-order chi connectivity index (χ0) is 11.5. The normalized spacial score (nSPS) is 19.1. The predicted octanol–water partition coefficient (Wildman–Crippen LogP) is 2.02. The maximum Gasteiger partial charge on any atom is 0.189 e. The first-order chi connectivity index (χ1) is 7.70. The van der Waals surface area contributed by atoms with Gasteiger partial charge in [-0.05, 0) is 40.5 Å². The molecule has 16 heavy (non-hydrogen) atoms. The Morgan fingerprint density at radius 1 is 1.56 bits per heavy atom. The van der Waals surface area contributed by atoms with Gasteiger partial charge >= 0.3 is 0 Å². The monoisotopic (exact) mass is 283 g/mol. The van der Waals surface area contributed by atoms with Gasteiger partial charge in [0.1, 0.15) is 5.75 Å². The van der Waals surface area contributed by atoms with Gasteiger partial charge in [-0.15, -0.1) is 0 Å². The van der Waals surface area contributed by atoms with Crippen molar-refractivity contribution in [3.05, 3.63) is 28.2 Å². The van der Waals surface area contributed by atoms with Crippen LogP contribution in [0.5, 0.6) is 5.75 Å². The van der Waals surface area contributed by atoms with Crippen molar-refractivity contribution in [2.45, 2.75) is 13.0 Å². The Morgan fingerprint density at radius 2 is 2.38 bits per heavy atom. The predicted molar refractivity (Wildman–Crippen MR) is 66.9 cm³/mol. The minimum Gasteiger partial charge on any atom is -0.493 e. The van der Waals surface area contributed by atoms with E-state index in [1.807, 2.05) is 25.1 Å². The van der Waals surface area contributed by atoms with Crippen LogP contribution in [0, 0.1) is 5.41 Å². The highest BCUT2D eigenvalue weighted by molar-refractivity contribution is 9.10. The number of benzene rings is 1. The lowest BCUT2D eigenvalue weighted by molar-refractivity contribution is 0.338. The molecule has 1 aliphatic rings. The molecule has 1 aliphatic heterocycles. The van der Waals surface area contributed by atoms with Gasteiger partial charge in [0.2, 0.25) is 0 Å². The van der Waals surface area contributed by atoms with E-state index in [0.29, 0.717) is 12.6 Å². The van der Waals surface area contributed by atoms with E-state index in [9.17, 15) is 0 Å². The third-order valence-corrected chi connectivity index (χ3v) is 3.08. The smallest absolute Gasteiger partial charge is 0.189 e. The second-order valence-electron chi connectivity index (χ2n) is 3.58. The summed E-state index contributed by atoms with van der Waals surface area (Å²) in [5, 5.41) is 13.4. The third kappa shape index (κ3) is 2.29. The Morgan fingerprint density at radius 3 is 2.94 bits per heavy atom. The maximum absolute atomic E-state index is 7.43. The van der Waals surface area contributed by atoms with Gasteiger partial charge in [-0.25, -0.2) is 0 Å². The van der Waals surface area contributed by atoms with E-state index in [1.54, 1.807) is 0 Å². The van der Waals surface area contributed by atoms with Crippen molar-refractivity contribution in [2.24, 2.45) is 0 Å². The molecule has 0 bridgehead atoms. The molecule has 4 nitrogen and oxygen atoms in total. The minimum atomic E-state index is 0.166. The van der Waals surface area contributed by atoms with E-state index in [0.717, 1.165) is 22.3 Å². The number of guanidine groups is 1. The molecular weight excluding hydrogens is 270 g/mol. The average Bonchev–Trinajstić information content (AvgIpc) is 2.68. The molecule has 1 aromatic rings. The van der Waals surface area contributed by atoms with Crippen LogP contribution in [0.3, 0.4) is 0 Å². The van der Waals surface area contributed by atoms with Crippen LogP contribution < -0.4 is 15.4 Å². The van der Waals surface area contributed by atoms with Crippen molar-refractivity contribution in [2.75, 3.05) is 13.2 Å². The zero-order valence-electron chi connectivity index (χ0n) is 9.01. The fraction of sp³-hybridized carbons (Fsp3) is 0.364. The summed E-state index contributed by atoms with van der Waals surface area (Å²) in [5.41, 5.74) is 1.14. The molecule has 0 aromatic heterocycles. The quantitative estimate of drug-likeness (QED) is 0.796. The van der Waals surface area contributed by atoms with Crippen molar-refractivity contribution in [3.8, 4) is 5.75 Å². The molecule has 2 rings (SSSR count). The summed E-state index contributed by atoms with van der Waals surface area (Å²) < 4.78 is 6.40. The van der Waals surface area contributed by atoms with Gasteiger partial charge in [0.15, 0.2) is 5.96 Å². The van der Waals surface area contributed by atoms with Crippen LogP contribution in [0.4, 0.5) is 0 Å². The molecule has 3 N–H and O–H groups in total. The van der Waals surface area contributed by atoms with Crippen LogP contribution in [0.2, 0.25) is 0 Å². The van der Waals surface area contributed by atoms with Crippen molar-refractivity contribution in [1.29, 1.82) is 5.41 Å². The summed E-state index contributed by atoms with van der Waals surface area (Å²) in [7, 11) is 0. The molecule has 1 aromatic carbocycles. The Kier molecular flexibility index (Phi) is 3.33. The SMILES string of the molecule is CCOc1ccc(C2CNC(=N)N2)cc1Br. The van der Waals surface area contributed by atoms with Crippen molar-refractivity contribution in [1.82, 2.24) is 10.6 Å². The van der Waals surface area contributed by atoms with Crippen LogP contribution >= 0.6 is 15.9 Å². The first kappa shape index (κ1) is 11.3. The first-order valence-corrected chi connectivity index (χ1v) is 6.01. The summed E-state index contributed by atoms with van der Waals surface area (Å²) in [6.07, 6.45) is 0. The number of halogens is 1. The molecule has 0 saturated carbocycles. The molecule has 1 unspecified atom stereocenters. The summed E-state index contributed by atoms with van der Waals surface area (Å²) in [5.74, 6) is 1.24. The van der Waals surface area contributed by atoms with Crippen LogP contribution in [0.15, 0.2) is 22.7 Å². The summed E-state index contributed by atoms with van der Waals surface area (Å²) in [6.45, 7) is 3.37. The van der Waals surface area contributed by atoms with Crippen molar-refractivity contribution >= 4 is 21.9 Å². The fourth-order valence-corrected chi connectivity index (χ4v) is 2.20. The Labute approximate surface area is 103 Å². The van der Waals surface area contributed by atoms with Gasteiger partial charge in [-0.2, -0.15) is 0 Å². The van der Waals surface area contributed by atoms with Gasteiger partial charge in [0, 0.05) is 6.54 Å². The zero-order valence-corrected chi connectivity index (χ0v) is 10.6. The molecule has 1 heterocycles. The lowest BCUT2D eigenvalue weighted by atomic mass is 10.1. The second kappa shape index (κ2) is 4.74. The standard InChI is InChI=1S/C11H14BrN3O/c1-2-16-10-4-3-7(5-8(10)12)9-6-14-11(13)15-9/h3-5,9H,2,6H2,1H3,(H3,13,14,15). The number of nitrogens with one attached hydrogen (secondary N) is 3. The van der Waals surface area contributed by atoms with Gasteiger partial charge in [-0.3, -0.25) is 5.41 Å². The van der Waals surface area contributed by atoms with E-state index in [2.05, 4.69) is 26.6 Å². The summed E-state index contributed by atoms with van der Waals surface area (Å²) >= 11 is 3.48. The number of hydrogen-bond donors (Lipinski definition) is 3. The molecule has 1 saturated heterocycles. The van der Waals surface area contributed by atoms with Crippen LogP contribution in [-0.4, -0.2) is 19.1 Å². The van der Waals surface area contributed by atoms with E-state index in [4.69, 9.17) is 10.1 Å². The molecule has 0 aliphatic carbocycles. The molecule has 86 valence electrons. The molecule has 0 amide bonds. The number of hydrogen-bond acceptors (Lipinski definition) is 2. The number of ether oxygens (including phenoxy) is 1. The number of rotatable bonds is 3. The molecule has 1 atom stereocenters. The summed E-state index contributed by atoms with van der Waals surface area (Å²) in [6, 6.07) is 6.17. The van der Waals surface area contributed by atoms with Crippen molar-refractivity contribution in [3.63, 3.8) is 0 Å². The topological polar surface area (TPSA) is 57.1 Å². The second-order valence-corrected chi connectivity index (χ2v) is 4.43. The van der Waals surface area contributed by atoms with Crippen LogP contribution in [0.25, 0.3) is 0 Å². The Balaban J connectivity index is 2.17. The molecular formula is C11H14BrN3O. The van der Waals surface area contributed by atoms with Crippen LogP contribution in [-0.2, 0) is 0 Å². The van der Waals surface area contributed by atoms with Gasteiger partial charge in [0.05, 0.1) is 17.1 Å². The van der Waals surface area contributed by atoms with E-state index in [1.165, 1.54) is 0 Å². The largest absolute Gasteiger partial charge is 0.493 e. The highest BCUT2D eigenvalue weighted by Crippen LogP contribution is 2.28. The van der Waals surface area contributed by atoms with Gasteiger partial charge in [-0.1, -0.05) is 6.07 Å². The Bertz CT molecular complexity index is 408. The minimum absolute atomic E-state index is 0.166. The molecule has 0 radical (unpaired) electrons. The first-order valence-electron chi connectivity index (χ1n) is 5.22. The van der Waals surface area contributed by atoms with E-state index in [-0.39, 0.29) is 6.04 Å². The Hall–Kier alpha value is -1.23. The summed E-state index contributed by atoms with van der Waals surface area (Å²) in [4.78, 5) is 0. The fourth-order valence-electron chi connectivity index (χ4n) is 1.69. The van der Waals surface area contributed by atoms with Crippen molar-refractivity contribution < 1.29 is 4.74 Å². The van der Waals surface area contributed by atoms with Gasteiger partial charge < -0.3 is 15.4 Å². The molecule has 1 fully saturated rings. The van der Waals surface area contributed by atoms with E-state index < -0.39 is 0 Å². The lowest BCUT2D eigenvalue weighted by Crippen LogP contribution is -2.22. The van der Waals surface area contributed by atoms with Gasteiger partial charge in [0.25, 0.3) is 0 Å². The average molecular weight is 284 g/mol. The van der Waals surface area contributed by atoms with Crippen LogP contribution in [0.1, 0.15) is 18.5 Å². The highest BCUT2D eigenvalue weighted by atomic mass is 79.9.